The van der Waals surface area contributed by atoms with Crippen molar-refractivity contribution in [3.63, 3.8) is 0 Å². The Kier molecular flexibility index (Phi) is 5.20. The van der Waals surface area contributed by atoms with Crippen molar-refractivity contribution in [2.45, 2.75) is 57.8 Å². The Hall–Kier alpha value is -3.23. The van der Waals surface area contributed by atoms with Gasteiger partial charge in [-0.05, 0) is 75.4 Å². The van der Waals surface area contributed by atoms with E-state index in [-0.39, 0.29) is 11.7 Å². The second-order valence-corrected chi connectivity index (χ2v) is 11.4. The Morgan fingerprint density at radius 3 is 2.65 bits per heavy atom. The molecule has 0 amide bonds. The van der Waals surface area contributed by atoms with E-state index in [0.29, 0.717) is 39.9 Å². The van der Waals surface area contributed by atoms with E-state index in [2.05, 4.69) is 34.9 Å². The minimum atomic E-state index is -0.189. The molecule has 9 heteroatoms. The van der Waals surface area contributed by atoms with Gasteiger partial charge in [0.2, 0.25) is 5.88 Å². The van der Waals surface area contributed by atoms with Crippen LogP contribution in [0.25, 0.3) is 22.6 Å². The molecule has 8 nitrogen and oxygen atoms in total. The number of nitrogens with zero attached hydrogens (tertiary/aromatic N) is 5. The molecule has 1 aliphatic heterocycles. The van der Waals surface area contributed by atoms with Crippen LogP contribution in [0.2, 0.25) is 5.02 Å². The van der Waals surface area contributed by atoms with Crippen LogP contribution in [-0.2, 0) is 11.3 Å². The molecule has 1 aromatic carbocycles. The molecule has 1 spiro atoms. The summed E-state index contributed by atoms with van der Waals surface area (Å²) >= 11 is 6.85. The molecule has 0 bridgehead atoms. The highest BCUT2D eigenvalue weighted by Gasteiger charge is 2.51. The highest BCUT2D eigenvalue weighted by Crippen LogP contribution is 2.48. The molecule has 2 aliphatic carbocycles. The van der Waals surface area contributed by atoms with E-state index in [1.54, 1.807) is 0 Å². The molecule has 2 saturated carbocycles. The van der Waals surface area contributed by atoms with Crippen LogP contribution in [0.5, 0.6) is 11.6 Å². The van der Waals surface area contributed by atoms with Crippen molar-refractivity contribution in [2.24, 2.45) is 5.41 Å². The second kappa shape index (κ2) is 8.39. The summed E-state index contributed by atoms with van der Waals surface area (Å²) in [7, 11) is 0. The predicted octanol–water partition coefficient (Wildman–Crippen LogP) is 5.39. The molecule has 4 aromatic rings. The van der Waals surface area contributed by atoms with E-state index < -0.39 is 0 Å². The molecule has 0 radical (unpaired) electrons. The minimum Gasteiger partial charge on any atom is -0.490 e. The molecule has 0 atom stereocenters. The number of aryl methyl sites for hydroxylation is 1. The first-order valence-electron chi connectivity index (χ1n) is 12.7. The lowest BCUT2D eigenvalue weighted by molar-refractivity contribution is -0.191. The lowest BCUT2D eigenvalue weighted by Crippen LogP contribution is -2.56. The van der Waals surface area contributed by atoms with Crippen LogP contribution < -0.4 is 9.47 Å². The van der Waals surface area contributed by atoms with Gasteiger partial charge in [0.15, 0.2) is 11.2 Å². The van der Waals surface area contributed by atoms with E-state index in [9.17, 15) is 0 Å². The minimum absolute atomic E-state index is 0.189. The van der Waals surface area contributed by atoms with Gasteiger partial charge in [0.1, 0.15) is 29.6 Å². The van der Waals surface area contributed by atoms with Crippen molar-refractivity contribution >= 4 is 22.8 Å². The summed E-state index contributed by atoms with van der Waals surface area (Å²) < 4.78 is 19.9. The van der Waals surface area contributed by atoms with Gasteiger partial charge in [0.05, 0.1) is 30.5 Å². The van der Waals surface area contributed by atoms with Crippen LogP contribution in [-0.4, -0.2) is 49.4 Å². The summed E-state index contributed by atoms with van der Waals surface area (Å²) in [5, 5.41) is 0.567. The molecule has 1 saturated heterocycles. The van der Waals surface area contributed by atoms with Gasteiger partial charge in [-0.25, -0.2) is 9.97 Å². The van der Waals surface area contributed by atoms with Gasteiger partial charge >= 0.3 is 0 Å². The first-order valence-corrected chi connectivity index (χ1v) is 13.1. The number of hydrogen-bond acceptors (Lipinski definition) is 7. The van der Waals surface area contributed by atoms with E-state index in [0.717, 1.165) is 61.5 Å². The van der Waals surface area contributed by atoms with Gasteiger partial charge in [-0.2, -0.15) is 4.98 Å². The van der Waals surface area contributed by atoms with Gasteiger partial charge < -0.3 is 18.8 Å². The Labute approximate surface area is 220 Å². The lowest BCUT2D eigenvalue weighted by atomic mass is 9.65. The van der Waals surface area contributed by atoms with Crippen LogP contribution >= 0.6 is 11.6 Å². The molecular formula is C28H28ClN5O3. The zero-order valence-corrected chi connectivity index (χ0v) is 21.7. The van der Waals surface area contributed by atoms with Crippen LogP contribution in [0.15, 0.2) is 42.9 Å². The fourth-order valence-corrected chi connectivity index (χ4v) is 5.52. The summed E-state index contributed by atoms with van der Waals surface area (Å²) in [5.74, 6) is 1.95. The third-order valence-corrected chi connectivity index (χ3v) is 8.02. The fraction of sp³-hybridized carbons (Fsp3) is 0.429. The molecular weight excluding hydrogens is 490 g/mol. The first-order chi connectivity index (χ1) is 17.9. The summed E-state index contributed by atoms with van der Waals surface area (Å²) in [5.41, 5.74) is 4.31. The average molecular weight is 518 g/mol. The number of benzene rings is 1. The molecule has 190 valence electrons. The third kappa shape index (κ3) is 4.22. The smallest absolute Gasteiger partial charge is 0.245 e. The Balaban J connectivity index is 1.26. The maximum atomic E-state index is 6.85. The summed E-state index contributed by atoms with van der Waals surface area (Å²) in [6.45, 7) is 6.34. The zero-order chi connectivity index (χ0) is 25.2. The number of ether oxygens (including phenoxy) is 3. The van der Waals surface area contributed by atoms with Crippen molar-refractivity contribution in [3.05, 3.63) is 59.1 Å². The predicted molar refractivity (Wildman–Crippen MR) is 139 cm³/mol. The van der Waals surface area contributed by atoms with E-state index >= 15 is 0 Å². The second-order valence-electron chi connectivity index (χ2n) is 11.0. The number of aromatic nitrogens is 5. The third-order valence-electron chi connectivity index (χ3n) is 7.71. The highest BCUT2D eigenvalue weighted by atomic mass is 35.5. The van der Waals surface area contributed by atoms with Crippen molar-refractivity contribution in [1.29, 1.82) is 0 Å². The fourth-order valence-electron chi connectivity index (χ4n) is 5.26. The van der Waals surface area contributed by atoms with Gasteiger partial charge in [0, 0.05) is 17.2 Å². The molecule has 4 heterocycles. The van der Waals surface area contributed by atoms with Crippen LogP contribution in [0.3, 0.4) is 0 Å². The number of pyridine rings is 1. The van der Waals surface area contributed by atoms with Gasteiger partial charge in [-0.15, -0.1) is 0 Å². The quantitative estimate of drug-likeness (QED) is 0.325. The number of imidazole rings is 1. The maximum Gasteiger partial charge on any atom is 0.245 e. The Morgan fingerprint density at radius 1 is 1.11 bits per heavy atom. The number of rotatable bonds is 7. The molecule has 0 unspecified atom stereocenters. The first kappa shape index (κ1) is 22.9. The maximum absolute atomic E-state index is 6.85. The molecule has 3 aliphatic rings. The molecule has 7 rings (SSSR count). The topological polar surface area (TPSA) is 84.2 Å². The van der Waals surface area contributed by atoms with Crippen molar-refractivity contribution < 1.29 is 14.2 Å². The summed E-state index contributed by atoms with van der Waals surface area (Å²) in [6, 6.07) is 9.86. The van der Waals surface area contributed by atoms with Crippen LogP contribution in [0.4, 0.5) is 0 Å². The Bertz CT molecular complexity index is 1500. The zero-order valence-electron chi connectivity index (χ0n) is 20.9. The number of halogens is 1. The summed E-state index contributed by atoms with van der Waals surface area (Å²) in [4.78, 5) is 18.6. The van der Waals surface area contributed by atoms with Crippen LogP contribution in [0.1, 0.15) is 43.9 Å². The molecule has 0 N–H and O–H groups in total. The lowest BCUT2D eigenvalue weighted by Gasteiger charge is -2.52. The van der Waals surface area contributed by atoms with Gasteiger partial charge in [0.25, 0.3) is 0 Å². The van der Waals surface area contributed by atoms with E-state index in [1.165, 1.54) is 6.33 Å². The van der Waals surface area contributed by atoms with Crippen LogP contribution in [0, 0.1) is 12.3 Å². The molecule has 3 fully saturated rings. The Morgan fingerprint density at radius 2 is 1.95 bits per heavy atom. The normalized spacial score (nSPS) is 19.4. The summed E-state index contributed by atoms with van der Waals surface area (Å²) in [6.07, 6.45) is 7.63. The van der Waals surface area contributed by atoms with Gasteiger partial charge in [-0.3, -0.25) is 4.98 Å². The van der Waals surface area contributed by atoms with Gasteiger partial charge in [-0.1, -0.05) is 11.6 Å². The molecule has 3 aromatic heterocycles. The van der Waals surface area contributed by atoms with Crippen molar-refractivity contribution in [2.75, 3.05) is 13.2 Å². The average Bonchev–Trinajstić information content (AvgIpc) is 3.43. The van der Waals surface area contributed by atoms with E-state index in [1.807, 2.05) is 35.0 Å². The largest absolute Gasteiger partial charge is 0.490 e. The van der Waals surface area contributed by atoms with Crippen molar-refractivity contribution in [3.8, 4) is 23.0 Å². The monoisotopic (exact) mass is 517 g/mol. The van der Waals surface area contributed by atoms with Crippen molar-refractivity contribution in [1.82, 2.24) is 24.5 Å². The number of hydrogen-bond donors (Lipinski definition) is 0. The SMILES string of the molecule is Cc1ccnc(Cn2c(-c3ccc(OC4CC5(COC5)C4)cc3Cl)nc3c(OC4(C)CC4)ncnc32)c1. The van der Waals surface area contributed by atoms with E-state index in [4.69, 9.17) is 30.8 Å². The highest BCUT2D eigenvalue weighted by molar-refractivity contribution is 6.33. The molecule has 37 heavy (non-hydrogen) atoms. The standard InChI is InChI=1S/C28H28ClN5O3/c1-17-5-8-30-18(9-17)13-34-24(33-23-25(34)31-16-32-26(23)37-27(2)6-7-27)21-4-3-19(10-22(21)29)36-20-11-28(12-20)14-35-15-28/h3-5,8-10,16,20H,6-7,11-15H2,1-2H3. The number of fused-ring (bicyclic) bond motifs is 1.